The van der Waals surface area contributed by atoms with Gasteiger partial charge in [-0.1, -0.05) is 19.6 Å². The molecule has 1 aromatic carbocycles. The van der Waals surface area contributed by atoms with Gasteiger partial charge in [0.25, 0.3) is 5.56 Å². The van der Waals surface area contributed by atoms with Crippen molar-refractivity contribution < 1.29 is 13.9 Å². The minimum Gasteiger partial charge on any atom is -0.491 e. The Morgan fingerprint density at radius 1 is 1.30 bits per heavy atom. The fraction of sp³-hybridized carbons (Fsp3) is 0.500. The van der Waals surface area contributed by atoms with Crippen molar-refractivity contribution in [3.8, 4) is 5.75 Å². The molecule has 1 heterocycles. The Balaban J connectivity index is 2.24. The van der Waals surface area contributed by atoms with E-state index >= 15 is 0 Å². The molecule has 2 rings (SSSR count). The summed E-state index contributed by atoms with van der Waals surface area (Å²) in [5, 5.41) is -0.0627. The van der Waals surface area contributed by atoms with E-state index in [-0.39, 0.29) is 17.9 Å². The summed E-state index contributed by atoms with van der Waals surface area (Å²) >= 11 is 0. The molecule has 23 heavy (non-hydrogen) atoms. The van der Waals surface area contributed by atoms with Gasteiger partial charge in [0.1, 0.15) is 18.4 Å². The van der Waals surface area contributed by atoms with E-state index in [0.717, 1.165) is 6.04 Å². The lowest BCUT2D eigenvalue weighted by Gasteiger charge is -2.15. The van der Waals surface area contributed by atoms with Crippen molar-refractivity contribution in [1.82, 2.24) is 9.55 Å². The van der Waals surface area contributed by atoms with Gasteiger partial charge in [-0.3, -0.25) is 9.36 Å². The van der Waals surface area contributed by atoms with E-state index in [9.17, 15) is 9.18 Å². The molecule has 0 saturated heterocycles. The average Bonchev–Trinajstić information content (AvgIpc) is 2.47. The van der Waals surface area contributed by atoms with Crippen LogP contribution in [0.4, 0.5) is 4.39 Å². The number of aromatic nitrogens is 2. The van der Waals surface area contributed by atoms with Crippen molar-refractivity contribution in [2.24, 2.45) is 0 Å². The molecule has 2 aromatic rings. The molecule has 0 radical (unpaired) electrons. The number of nitrogens with zero attached hydrogens (tertiary/aromatic N) is 2. The molecule has 7 heteroatoms. The zero-order valence-corrected chi connectivity index (χ0v) is 15.1. The maximum absolute atomic E-state index is 14.4. The van der Waals surface area contributed by atoms with Crippen molar-refractivity contribution in [2.45, 2.75) is 39.3 Å². The number of hydrogen-bond acceptors (Lipinski definition) is 4. The third-order valence-electron chi connectivity index (χ3n) is 3.42. The number of rotatable bonds is 7. The molecule has 0 spiro atoms. The minimum atomic E-state index is -1.18. The van der Waals surface area contributed by atoms with Crippen LogP contribution in [0.1, 0.15) is 6.92 Å². The predicted molar refractivity (Wildman–Crippen MR) is 91.2 cm³/mol. The van der Waals surface area contributed by atoms with Crippen LogP contribution in [0.15, 0.2) is 23.3 Å². The molecule has 0 aliphatic rings. The van der Waals surface area contributed by atoms with Gasteiger partial charge in [0.15, 0.2) is 11.6 Å². The van der Waals surface area contributed by atoms with Crippen molar-refractivity contribution in [2.75, 3.05) is 13.2 Å². The fourth-order valence-corrected chi connectivity index (χ4v) is 2.84. The maximum atomic E-state index is 14.4. The summed E-state index contributed by atoms with van der Waals surface area (Å²) in [5.74, 6) is -0.602. The van der Waals surface area contributed by atoms with Crippen LogP contribution in [0.5, 0.6) is 5.75 Å². The number of halogens is 1. The van der Waals surface area contributed by atoms with Crippen LogP contribution in [0, 0.1) is 5.82 Å². The van der Waals surface area contributed by atoms with Crippen molar-refractivity contribution >= 4 is 19.0 Å². The van der Waals surface area contributed by atoms with Gasteiger partial charge in [-0.15, -0.1) is 0 Å². The van der Waals surface area contributed by atoms with Crippen molar-refractivity contribution in [1.29, 1.82) is 0 Å². The normalized spacial score (nSPS) is 11.9. The molecular formula is C16H23FN2O3Si. The molecule has 0 N–H and O–H groups in total. The smallest absolute Gasteiger partial charge is 0.266 e. The number of hydrogen-bond donors (Lipinski definition) is 0. The minimum absolute atomic E-state index is 0.0627. The van der Waals surface area contributed by atoms with Gasteiger partial charge in [0, 0.05) is 14.7 Å². The van der Waals surface area contributed by atoms with E-state index in [1.54, 1.807) is 13.0 Å². The summed E-state index contributed by atoms with van der Waals surface area (Å²) in [7, 11) is -1.18. The molecule has 0 saturated carbocycles. The average molecular weight is 338 g/mol. The molecule has 0 amide bonds. The second-order valence-electron chi connectivity index (χ2n) is 6.57. The van der Waals surface area contributed by atoms with Crippen molar-refractivity contribution in [3.05, 3.63) is 34.6 Å². The Morgan fingerprint density at radius 2 is 2.04 bits per heavy atom. The predicted octanol–water partition coefficient (Wildman–Crippen LogP) is 3.25. The van der Waals surface area contributed by atoms with Gasteiger partial charge >= 0.3 is 0 Å². The van der Waals surface area contributed by atoms with Crippen molar-refractivity contribution in [3.63, 3.8) is 0 Å². The highest BCUT2D eigenvalue weighted by molar-refractivity contribution is 6.76. The Bertz CT molecular complexity index is 740. The summed E-state index contributed by atoms with van der Waals surface area (Å²) in [4.78, 5) is 16.6. The monoisotopic (exact) mass is 338 g/mol. The van der Waals surface area contributed by atoms with Crippen LogP contribution in [0.2, 0.25) is 25.7 Å². The van der Waals surface area contributed by atoms with Gasteiger partial charge in [-0.2, -0.15) is 0 Å². The first kappa shape index (κ1) is 17.6. The van der Waals surface area contributed by atoms with Crippen LogP contribution in [0.3, 0.4) is 0 Å². The Labute approximate surface area is 136 Å². The molecule has 0 unspecified atom stereocenters. The largest absolute Gasteiger partial charge is 0.491 e. The van der Waals surface area contributed by atoms with E-state index in [4.69, 9.17) is 9.47 Å². The second kappa shape index (κ2) is 7.23. The third-order valence-corrected chi connectivity index (χ3v) is 5.13. The van der Waals surface area contributed by atoms with Crippen LogP contribution in [-0.4, -0.2) is 30.8 Å². The van der Waals surface area contributed by atoms with Gasteiger partial charge < -0.3 is 9.47 Å². The first-order valence-electron chi connectivity index (χ1n) is 7.71. The summed E-state index contributed by atoms with van der Waals surface area (Å²) in [6.45, 7) is 9.51. The standard InChI is InChI=1S/C16H23FN2O3Si/c1-5-22-13-7-6-12-14(15(13)17)16(20)19(10-18-12)11-21-8-9-23(2,3)4/h6-7,10H,5,8-9,11H2,1-4H3. The molecule has 1 aromatic heterocycles. The molecule has 126 valence electrons. The highest BCUT2D eigenvalue weighted by Gasteiger charge is 2.15. The molecule has 0 atom stereocenters. The van der Waals surface area contributed by atoms with Gasteiger partial charge in [0.2, 0.25) is 0 Å². The number of fused-ring (bicyclic) bond motifs is 1. The van der Waals surface area contributed by atoms with E-state index in [1.165, 1.54) is 17.0 Å². The highest BCUT2D eigenvalue weighted by Crippen LogP contribution is 2.22. The van der Waals surface area contributed by atoms with Crippen LogP contribution >= 0.6 is 0 Å². The Hall–Kier alpha value is -1.73. The summed E-state index contributed by atoms with van der Waals surface area (Å²) < 4.78 is 26.5. The molecule has 0 aliphatic carbocycles. The van der Waals surface area contributed by atoms with E-state index in [0.29, 0.717) is 18.7 Å². The quantitative estimate of drug-likeness (QED) is 0.574. The van der Waals surface area contributed by atoms with E-state index < -0.39 is 19.5 Å². The zero-order chi connectivity index (χ0) is 17.0. The molecule has 0 aliphatic heterocycles. The van der Waals surface area contributed by atoms with Gasteiger partial charge in [-0.05, 0) is 25.1 Å². The lowest BCUT2D eigenvalue weighted by atomic mass is 10.2. The lowest BCUT2D eigenvalue weighted by molar-refractivity contribution is 0.0844. The second-order valence-corrected chi connectivity index (χ2v) is 12.2. The zero-order valence-electron chi connectivity index (χ0n) is 14.1. The Kier molecular flexibility index (Phi) is 5.54. The molecule has 0 bridgehead atoms. The molecule has 5 nitrogen and oxygen atoms in total. The fourth-order valence-electron chi connectivity index (χ4n) is 2.09. The maximum Gasteiger partial charge on any atom is 0.266 e. The summed E-state index contributed by atoms with van der Waals surface area (Å²) in [5.41, 5.74) is -0.142. The molecular weight excluding hydrogens is 315 g/mol. The highest BCUT2D eigenvalue weighted by atomic mass is 28.3. The lowest BCUT2D eigenvalue weighted by Crippen LogP contribution is -2.25. The Morgan fingerprint density at radius 3 is 2.70 bits per heavy atom. The number of ether oxygens (including phenoxy) is 2. The first-order valence-corrected chi connectivity index (χ1v) is 11.4. The SMILES string of the molecule is CCOc1ccc2ncn(COCC[Si](C)(C)C)c(=O)c2c1F. The van der Waals surface area contributed by atoms with Crippen LogP contribution in [-0.2, 0) is 11.5 Å². The van der Waals surface area contributed by atoms with E-state index in [1.807, 2.05) is 0 Å². The van der Waals surface area contributed by atoms with Gasteiger partial charge in [-0.25, -0.2) is 9.37 Å². The first-order chi connectivity index (χ1) is 10.8. The summed E-state index contributed by atoms with van der Waals surface area (Å²) in [6.07, 6.45) is 1.39. The molecule has 0 fully saturated rings. The van der Waals surface area contributed by atoms with Crippen LogP contribution in [0.25, 0.3) is 10.9 Å². The van der Waals surface area contributed by atoms with E-state index in [2.05, 4.69) is 24.6 Å². The van der Waals surface area contributed by atoms with Gasteiger partial charge in [0.05, 0.1) is 12.1 Å². The topological polar surface area (TPSA) is 53.4 Å². The number of benzene rings is 1. The third kappa shape index (κ3) is 4.39. The van der Waals surface area contributed by atoms with Crippen LogP contribution < -0.4 is 10.3 Å². The summed E-state index contributed by atoms with van der Waals surface area (Å²) in [6, 6.07) is 4.08.